The summed E-state index contributed by atoms with van der Waals surface area (Å²) >= 11 is 1.31. The Morgan fingerprint density at radius 1 is 1.29 bits per heavy atom. The maximum Gasteiger partial charge on any atom is 0.326 e. The molecule has 24 heavy (non-hydrogen) atoms. The summed E-state index contributed by atoms with van der Waals surface area (Å²) in [5, 5.41) is 11.9. The average Bonchev–Trinajstić information content (AvgIpc) is 3.29. The largest absolute Gasteiger partial charge is 0.480 e. The molecule has 3 heterocycles. The van der Waals surface area contributed by atoms with Gasteiger partial charge >= 0.3 is 5.97 Å². The van der Waals surface area contributed by atoms with Crippen LogP contribution in [0.5, 0.6) is 0 Å². The Hall–Kier alpha value is -2.35. The van der Waals surface area contributed by atoms with Gasteiger partial charge < -0.3 is 10.0 Å². The lowest BCUT2D eigenvalue weighted by atomic mass is 9.94. The number of carbonyl (C=O) groups is 2. The van der Waals surface area contributed by atoms with E-state index < -0.39 is 12.0 Å². The number of aliphatic carboxylic acids is 1. The third-order valence-corrected chi connectivity index (χ3v) is 5.77. The highest BCUT2D eigenvalue weighted by Crippen LogP contribution is 2.42. The van der Waals surface area contributed by atoms with Crippen molar-refractivity contribution >= 4 is 23.2 Å². The molecule has 1 aliphatic heterocycles. The fourth-order valence-electron chi connectivity index (χ4n) is 3.88. The highest BCUT2D eigenvalue weighted by molar-refractivity contribution is 7.13. The topological polar surface area (TPSA) is 96.3 Å². The molecular formula is C16H16N4O3S. The van der Waals surface area contributed by atoms with E-state index in [1.807, 2.05) is 0 Å². The molecule has 0 radical (unpaired) electrons. The van der Waals surface area contributed by atoms with Crippen LogP contribution in [0.4, 0.5) is 0 Å². The number of rotatable bonds is 3. The van der Waals surface area contributed by atoms with Crippen LogP contribution < -0.4 is 0 Å². The van der Waals surface area contributed by atoms with Gasteiger partial charge in [0.2, 0.25) is 0 Å². The first kappa shape index (κ1) is 15.2. The fourth-order valence-corrected chi connectivity index (χ4v) is 4.63. The molecule has 0 spiro atoms. The average molecular weight is 344 g/mol. The second-order valence-corrected chi connectivity index (χ2v) is 7.08. The minimum Gasteiger partial charge on any atom is -0.480 e. The number of carboxylic acids is 1. The van der Waals surface area contributed by atoms with Gasteiger partial charge in [-0.1, -0.05) is 6.42 Å². The highest BCUT2D eigenvalue weighted by atomic mass is 32.1. The van der Waals surface area contributed by atoms with Gasteiger partial charge in [0.1, 0.15) is 22.4 Å². The van der Waals surface area contributed by atoms with Crippen molar-refractivity contribution in [2.75, 3.05) is 6.54 Å². The Labute approximate surface area is 142 Å². The molecular weight excluding hydrogens is 328 g/mol. The predicted molar refractivity (Wildman–Crippen MR) is 86.4 cm³/mol. The molecule has 1 amide bonds. The van der Waals surface area contributed by atoms with Crippen LogP contribution in [-0.4, -0.2) is 49.4 Å². The van der Waals surface area contributed by atoms with Crippen molar-refractivity contribution in [3.63, 3.8) is 0 Å². The molecule has 2 fully saturated rings. The number of likely N-dealkylation sites (tertiary alicyclic amines) is 1. The predicted octanol–water partition coefficient (Wildman–Crippen LogP) is 1.93. The number of aromatic nitrogens is 3. The molecule has 1 aliphatic carbocycles. The normalized spacial score (nSPS) is 25.7. The van der Waals surface area contributed by atoms with E-state index in [9.17, 15) is 14.7 Å². The molecule has 2 aliphatic rings. The van der Waals surface area contributed by atoms with Crippen LogP contribution in [0.1, 0.15) is 29.8 Å². The smallest absolute Gasteiger partial charge is 0.326 e. The van der Waals surface area contributed by atoms with Crippen LogP contribution in [0.3, 0.4) is 0 Å². The Balaban J connectivity index is 1.60. The molecule has 7 nitrogen and oxygen atoms in total. The number of fused-ring (bicyclic) bond motifs is 1. The Morgan fingerprint density at radius 3 is 2.92 bits per heavy atom. The molecule has 1 saturated carbocycles. The molecule has 2 aromatic rings. The van der Waals surface area contributed by atoms with Crippen LogP contribution in [0, 0.1) is 11.8 Å². The van der Waals surface area contributed by atoms with Gasteiger partial charge in [-0.25, -0.2) is 9.78 Å². The number of hydrogen-bond donors (Lipinski definition) is 1. The van der Waals surface area contributed by atoms with E-state index >= 15 is 0 Å². The van der Waals surface area contributed by atoms with Gasteiger partial charge in [0.05, 0.1) is 6.20 Å². The zero-order valence-corrected chi connectivity index (χ0v) is 13.6. The van der Waals surface area contributed by atoms with Crippen molar-refractivity contribution in [1.82, 2.24) is 19.9 Å². The molecule has 124 valence electrons. The van der Waals surface area contributed by atoms with Crippen LogP contribution in [0.2, 0.25) is 0 Å². The van der Waals surface area contributed by atoms with Crippen LogP contribution in [0.25, 0.3) is 10.7 Å². The van der Waals surface area contributed by atoms with Gasteiger partial charge in [0, 0.05) is 24.3 Å². The summed E-state index contributed by atoms with van der Waals surface area (Å²) in [5.41, 5.74) is 0.890. The number of carbonyl (C=O) groups excluding carboxylic acids is 1. The third kappa shape index (κ3) is 2.47. The Bertz CT molecular complexity index is 779. The second-order valence-electron chi connectivity index (χ2n) is 6.22. The van der Waals surface area contributed by atoms with Crippen molar-refractivity contribution in [3.05, 3.63) is 29.7 Å². The summed E-state index contributed by atoms with van der Waals surface area (Å²) in [6.07, 6.45) is 7.67. The molecule has 0 aromatic carbocycles. The standard InChI is InChI=1S/C16H16N4O3S/c21-15(12-8-24-14(19-12)11-6-17-4-5-18-11)20-7-9-2-1-3-10(9)13(20)16(22)23/h4-6,8-10,13H,1-3,7H2,(H,22,23). The van der Waals surface area contributed by atoms with E-state index in [0.29, 0.717) is 23.2 Å². The number of carboxylic acid groups (broad SMARTS) is 1. The lowest BCUT2D eigenvalue weighted by molar-refractivity contribution is -0.142. The van der Waals surface area contributed by atoms with Gasteiger partial charge in [-0.15, -0.1) is 11.3 Å². The minimum absolute atomic E-state index is 0.0737. The zero-order valence-electron chi connectivity index (χ0n) is 12.8. The second kappa shape index (κ2) is 5.94. The Morgan fingerprint density at radius 2 is 2.17 bits per heavy atom. The van der Waals surface area contributed by atoms with Gasteiger partial charge in [-0.2, -0.15) is 0 Å². The number of thiazole rings is 1. The van der Waals surface area contributed by atoms with E-state index in [1.54, 1.807) is 24.0 Å². The molecule has 3 atom stereocenters. The molecule has 3 unspecified atom stereocenters. The number of hydrogen-bond acceptors (Lipinski definition) is 6. The maximum atomic E-state index is 12.8. The summed E-state index contributed by atoms with van der Waals surface area (Å²) in [5.74, 6) is -0.844. The quantitative estimate of drug-likeness (QED) is 0.914. The van der Waals surface area contributed by atoms with Gasteiger partial charge in [-0.05, 0) is 24.7 Å². The first-order valence-corrected chi connectivity index (χ1v) is 8.79. The van der Waals surface area contributed by atoms with E-state index in [-0.39, 0.29) is 17.5 Å². The maximum absolute atomic E-state index is 12.8. The van der Waals surface area contributed by atoms with Gasteiger partial charge in [0.25, 0.3) is 5.91 Å². The number of amides is 1. The van der Waals surface area contributed by atoms with Crippen LogP contribution in [-0.2, 0) is 4.79 Å². The lowest BCUT2D eigenvalue weighted by Gasteiger charge is -2.23. The SMILES string of the molecule is O=C(O)C1C2CCCC2CN1C(=O)c1csc(-c2cnccn2)n1. The summed E-state index contributed by atoms with van der Waals surface area (Å²) in [7, 11) is 0. The van der Waals surface area contributed by atoms with Crippen molar-refractivity contribution in [3.8, 4) is 10.7 Å². The van der Waals surface area contributed by atoms with Crippen LogP contribution in [0.15, 0.2) is 24.0 Å². The third-order valence-electron chi connectivity index (χ3n) is 4.91. The van der Waals surface area contributed by atoms with E-state index in [4.69, 9.17) is 0 Å². The molecule has 4 rings (SSSR count). The van der Waals surface area contributed by atoms with Crippen molar-refractivity contribution < 1.29 is 14.7 Å². The Kier molecular flexibility index (Phi) is 3.76. The van der Waals surface area contributed by atoms with Gasteiger partial charge in [0.15, 0.2) is 0 Å². The van der Waals surface area contributed by atoms with Crippen LogP contribution >= 0.6 is 11.3 Å². The lowest BCUT2D eigenvalue weighted by Crippen LogP contribution is -2.43. The van der Waals surface area contributed by atoms with E-state index in [2.05, 4.69) is 15.0 Å². The minimum atomic E-state index is -0.915. The summed E-state index contributed by atoms with van der Waals surface area (Å²) in [6, 6.07) is -0.730. The molecule has 8 heteroatoms. The first-order chi connectivity index (χ1) is 11.6. The monoisotopic (exact) mass is 344 g/mol. The fraction of sp³-hybridized carbons (Fsp3) is 0.438. The molecule has 1 N–H and O–H groups in total. The molecule has 1 saturated heterocycles. The van der Waals surface area contributed by atoms with Crippen molar-refractivity contribution in [1.29, 1.82) is 0 Å². The van der Waals surface area contributed by atoms with E-state index in [0.717, 1.165) is 19.3 Å². The van der Waals surface area contributed by atoms with E-state index in [1.165, 1.54) is 16.2 Å². The molecule has 2 aromatic heterocycles. The van der Waals surface area contributed by atoms with Crippen molar-refractivity contribution in [2.45, 2.75) is 25.3 Å². The summed E-state index contributed by atoms with van der Waals surface area (Å²) in [6.45, 7) is 0.512. The number of nitrogens with zero attached hydrogens (tertiary/aromatic N) is 4. The molecule has 0 bridgehead atoms. The highest BCUT2D eigenvalue weighted by Gasteiger charge is 2.49. The summed E-state index contributed by atoms with van der Waals surface area (Å²) < 4.78 is 0. The van der Waals surface area contributed by atoms with Crippen molar-refractivity contribution in [2.24, 2.45) is 11.8 Å². The summed E-state index contributed by atoms with van der Waals surface area (Å²) in [4.78, 5) is 38.5. The first-order valence-electron chi connectivity index (χ1n) is 7.91. The zero-order chi connectivity index (χ0) is 16.7. The van der Waals surface area contributed by atoms with Gasteiger partial charge in [-0.3, -0.25) is 14.8 Å².